The van der Waals surface area contributed by atoms with Gasteiger partial charge in [0.05, 0.1) is 44.2 Å². The number of allylic oxidation sites excluding steroid dienone is 2. The molecule has 0 spiro atoms. The second-order valence-corrected chi connectivity index (χ2v) is 25.0. The highest BCUT2D eigenvalue weighted by Gasteiger charge is 2.72. The number of ether oxygens (including phenoxy) is 8. The zero-order valence-electron chi connectivity index (χ0n) is 44.6. The molecule has 75 heavy (non-hydrogen) atoms. The normalized spacial score (nSPS) is 51.8. The second-order valence-electron chi connectivity index (χ2n) is 25.0. The summed E-state index contributed by atoms with van der Waals surface area (Å²) >= 11 is 0. The molecule has 22 nitrogen and oxygen atoms in total. The van der Waals surface area contributed by atoms with Crippen LogP contribution in [0.25, 0.3) is 0 Å². The Morgan fingerprint density at radius 2 is 1.21 bits per heavy atom. The average Bonchev–Trinajstić information content (AvgIpc) is 3.75. The van der Waals surface area contributed by atoms with Crippen molar-refractivity contribution in [3.63, 3.8) is 0 Å². The van der Waals surface area contributed by atoms with Gasteiger partial charge in [-0.2, -0.15) is 0 Å². The van der Waals surface area contributed by atoms with Crippen LogP contribution in [0, 0.1) is 45.3 Å². The minimum atomic E-state index is -1.85. The van der Waals surface area contributed by atoms with Gasteiger partial charge in [-0.3, -0.25) is 4.79 Å². The van der Waals surface area contributed by atoms with Crippen LogP contribution in [0.3, 0.4) is 0 Å². The van der Waals surface area contributed by atoms with Crippen molar-refractivity contribution in [2.45, 2.75) is 242 Å². The van der Waals surface area contributed by atoms with E-state index in [-0.39, 0.29) is 54.5 Å². The van der Waals surface area contributed by atoms with E-state index in [1.165, 1.54) is 6.92 Å². The van der Waals surface area contributed by atoms with E-state index in [0.717, 1.165) is 18.4 Å². The molecule has 4 saturated carbocycles. The number of ketones is 1. The summed E-state index contributed by atoms with van der Waals surface area (Å²) in [7, 11) is 0. The lowest BCUT2D eigenvalue weighted by atomic mass is 9.35. The highest BCUT2D eigenvalue weighted by atomic mass is 16.8. The van der Waals surface area contributed by atoms with Crippen LogP contribution in [0.15, 0.2) is 11.6 Å². The van der Waals surface area contributed by atoms with Crippen LogP contribution in [0.4, 0.5) is 0 Å². The number of carbonyl (C=O) groups excluding carboxylic acids is 1. The molecular formula is C53H88O22. The van der Waals surface area contributed by atoms with E-state index in [1.54, 1.807) is 0 Å². The third kappa shape index (κ3) is 10.5. The fourth-order valence-electron chi connectivity index (χ4n) is 15.6. The lowest BCUT2D eigenvalue weighted by molar-refractivity contribution is -0.388. The third-order valence-electron chi connectivity index (χ3n) is 20.2. The fraction of sp³-hybridized carbons (Fsp3) is 0.943. The van der Waals surface area contributed by atoms with Crippen LogP contribution in [-0.2, 0) is 42.7 Å². The molecule has 0 aromatic heterocycles. The molecule has 4 aliphatic carbocycles. The molecule has 8 fully saturated rings. The van der Waals surface area contributed by atoms with Crippen molar-refractivity contribution in [1.29, 1.82) is 0 Å². The van der Waals surface area contributed by atoms with Crippen molar-refractivity contribution in [3.05, 3.63) is 11.6 Å². The summed E-state index contributed by atoms with van der Waals surface area (Å²) in [6, 6.07) is 0. The number of fused-ring (bicyclic) bond motifs is 5. The molecule has 0 aromatic carbocycles. The Labute approximate surface area is 438 Å². The second kappa shape index (κ2) is 22.5. The van der Waals surface area contributed by atoms with Crippen LogP contribution in [0.1, 0.15) is 113 Å². The van der Waals surface area contributed by atoms with Crippen molar-refractivity contribution < 1.29 is 109 Å². The van der Waals surface area contributed by atoms with Crippen LogP contribution < -0.4 is 0 Å². The summed E-state index contributed by atoms with van der Waals surface area (Å²) in [4.78, 5) is 15.2. The van der Waals surface area contributed by atoms with E-state index in [1.807, 2.05) is 19.9 Å². The average molecular weight is 1080 g/mol. The first-order valence-corrected chi connectivity index (χ1v) is 27.2. The first-order valence-electron chi connectivity index (χ1n) is 27.2. The van der Waals surface area contributed by atoms with Crippen LogP contribution in [0.5, 0.6) is 0 Å². The fourth-order valence-corrected chi connectivity index (χ4v) is 15.6. The molecule has 0 aromatic rings. The highest BCUT2D eigenvalue weighted by Crippen LogP contribution is 2.75. The molecule has 432 valence electrons. The van der Waals surface area contributed by atoms with E-state index < -0.39 is 164 Å². The van der Waals surface area contributed by atoms with Gasteiger partial charge in [0.15, 0.2) is 25.2 Å². The van der Waals surface area contributed by atoms with Gasteiger partial charge in [0.1, 0.15) is 91.2 Å². The van der Waals surface area contributed by atoms with Gasteiger partial charge in [-0.05, 0) is 106 Å². The zero-order chi connectivity index (χ0) is 55.1. The summed E-state index contributed by atoms with van der Waals surface area (Å²) in [6.45, 7) is 14.3. The van der Waals surface area contributed by atoms with E-state index in [0.29, 0.717) is 32.1 Å². The minimum Gasteiger partial charge on any atom is -0.394 e. The number of carbonyl (C=O) groups is 1. The molecule has 13 N–H and O–H groups in total. The molecule has 4 saturated heterocycles. The summed E-state index contributed by atoms with van der Waals surface area (Å²) < 4.78 is 48.9. The van der Waals surface area contributed by atoms with Crippen LogP contribution in [-0.4, -0.2) is 227 Å². The Balaban J connectivity index is 1.03. The van der Waals surface area contributed by atoms with Crippen LogP contribution >= 0.6 is 0 Å². The minimum absolute atomic E-state index is 0.00406. The number of hydrogen-bond donors (Lipinski definition) is 13. The molecule has 22 heteroatoms. The lowest BCUT2D eigenvalue weighted by Crippen LogP contribution is -2.67. The van der Waals surface area contributed by atoms with Crippen molar-refractivity contribution in [1.82, 2.24) is 0 Å². The predicted octanol–water partition coefficient (Wildman–Crippen LogP) is -1.36. The van der Waals surface area contributed by atoms with Crippen molar-refractivity contribution in [3.8, 4) is 0 Å². The van der Waals surface area contributed by atoms with E-state index in [2.05, 4.69) is 34.6 Å². The quantitative estimate of drug-likeness (QED) is 0.0666. The Kier molecular flexibility index (Phi) is 17.9. The molecule has 8 aliphatic rings. The van der Waals surface area contributed by atoms with Crippen molar-refractivity contribution in [2.24, 2.45) is 45.3 Å². The summed E-state index contributed by atoms with van der Waals surface area (Å²) in [5.74, 6) is -1.07. The molecule has 4 aliphatic heterocycles. The van der Waals surface area contributed by atoms with Gasteiger partial charge in [0, 0.05) is 18.3 Å². The molecule has 0 unspecified atom stereocenters. The maximum absolute atomic E-state index is 15.2. The van der Waals surface area contributed by atoms with E-state index in [9.17, 15) is 66.4 Å². The monoisotopic (exact) mass is 1080 g/mol. The van der Waals surface area contributed by atoms with E-state index >= 15 is 4.79 Å². The van der Waals surface area contributed by atoms with Gasteiger partial charge in [-0.25, -0.2) is 0 Å². The van der Waals surface area contributed by atoms with Gasteiger partial charge < -0.3 is 104 Å². The predicted molar refractivity (Wildman–Crippen MR) is 259 cm³/mol. The van der Waals surface area contributed by atoms with Gasteiger partial charge in [0.25, 0.3) is 0 Å². The molecule has 0 amide bonds. The largest absolute Gasteiger partial charge is 0.394 e. The SMILES string of the molecule is CC(C)=CCC[C@@](O)(CO[C@@H]1O[C@H](CO)[C@@H](O)[C@H](O)[C@H]1O)[C@H]1CC[C@]2(C)[C@@H]1C(=O)C[C@@H]1[C@@]3(C)CC[C@H](O[C@@H]4OC[C@@H](O)[C@H](O[C@@H]5O[C@H](CO)[C@@H](O)[C@H](O)[C@H]5O)[C@H]4O[C@@H]4O[C@@H](C)[C@H](O)[C@@H](O)[C@H]4O)C(C)(C)[C@@H]3CC[C@]12C. The highest BCUT2D eigenvalue weighted by molar-refractivity contribution is 5.84. The first-order chi connectivity index (χ1) is 35.1. The Morgan fingerprint density at radius 1 is 0.653 bits per heavy atom. The smallest absolute Gasteiger partial charge is 0.187 e. The number of hydrogen-bond acceptors (Lipinski definition) is 22. The standard InChI is InChI=1S/C53H88O22/c1-23(2)10-9-14-53(67,22-69-45-40(64)38(62)35(59)28(19-54)71-45)25-11-16-52(8)33(25)26(56)18-31-50(6)15-13-32(49(4,5)30(50)12-17-51(31,52)7)73-48-44(75-46-41(65)37(61)34(58)24(3)70-46)43(27(57)21-68-48)74-47-42(66)39(63)36(60)29(20-55)72-47/h10,24-25,27-48,54-55,57-67H,9,11-22H2,1-8H3/t24-,25-,27+,28+,29+,30-,31+,32-,33-,34-,35+,36+,37+,38-,39-,40+,41+,42+,43-,44+,45+,46-,47-,48-,50-,51+,52+,53+/m0/s1. The Bertz CT molecular complexity index is 1990. The van der Waals surface area contributed by atoms with E-state index in [4.69, 9.17) is 37.9 Å². The lowest BCUT2D eigenvalue weighted by Gasteiger charge is -2.69. The van der Waals surface area contributed by atoms with Gasteiger partial charge in [-0.1, -0.05) is 46.3 Å². The Hall–Kier alpha value is -1.43. The number of aliphatic hydroxyl groups excluding tert-OH is 12. The molecule has 4 heterocycles. The molecule has 28 atom stereocenters. The maximum atomic E-state index is 15.2. The molecule has 0 radical (unpaired) electrons. The summed E-state index contributed by atoms with van der Waals surface area (Å²) in [6.07, 6.45) is -23.1. The third-order valence-corrected chi connectivity index (χ3v) is 20.2. The number of rotatable bonds is 15. The molecular weight excluding hydrogens is 989 g/mol. The van der Waals surface area contributed by atoms with Crippen molar-refractivity contribution in [2.75, 3.05) is 26.4 Å². The number of aliphatic hydroxyl groups is 13. The zero-order valence-corrected chi connectivity index (χ0v) is 44.6. The summed E-state index contributed by atoms with van der Waals surface area (Å²) in [5.41, 5.74) is -2.40. The van der Waals surface area contributed by atoms with Crippen LogP contribution in [0.2, 0.25) is 0 Å². The van der Waals surface area contributed by atoms with Crippen molar-refractivity contribution >= 4 is 5.78 Å². The topological polar surface area (TPSA) is 354 Å². The Morgan fingerprint density at radius 3 is 1.83 bits per heavy atom. The maximum Gasteiger partial charge on any atom is 0.187 e. The van der Waals surface area contributed by atoms with Gasteiger partial charge in [-0.15, -0.1) is 0 Å². The molecule has 8 rings (SSSR count). The summed E-state index contributed by atoms with van der Waals surface area (Å²) in [5, 5.41) is 140. The molecule has 0 bridgehead atoms. The van der Waals surface area contributed by atoms with Gasteiger partial charge in [0.2, 0.25) is 0 Å². The number of Topliss-reactive ketones (excluding diaryl/α,β-unsaturated/α-hetero) is 1. The van der Waals surface area contributed by atoms with Gasteiger partial charge >= 0.3 is 0 Å². The first kappa shape index (κ1) is 59.7.